The van der Waals surface area contributed by atoms with Crippen LogP contribution in [0.2, 0.25) is 0 Å². The van der Waals surface area contributed by atoms with E-state index < -0.39 is 0 Å². The third kappa shape index (κ3) is 12.8. The molecule has 0 radical (unpaired) electrons. The third-order valence-electron chi connectivity index (χ3n) is 6.14. The van der Waals surface area contributed by atoms with Crippen molar-refractivity contribution < 1.29 is 0 Å². The van der Waals surface area contributed by atoms with Gasteiger partial charge in [-0.2, -0.15) is 35.3 Å². The van der Waals surface area contributed by atoms with Gasteiger partial charge in [0.2, 0.25) is 0 Å². The molecule has 204 valence electrons. The van der Waals surface area contributed by atoms with Crippen molar-refractivity contribution in [2.75, 3.05) is 34.5 Å². The summed E-state index contributed by atoms with van der Waals surface area (Å²) in [6.07, 6.45) is 2.29. The summed E-state index contributed by atoms with van der Waals surface area (Å²) in [6.45, 7) is 0. The van der Waals surface area contributed by atoms with Crippen molar-refractivity contribution >= 4 is 58.8 Å². The second-order valence-corrected chi connectivity index (χ2v) is 15.3. The Morgan fingerprint density at radius 1 is 0.410 bits per heavy atom. The highest BCUT2D eigenvalue weighted by Crippen LogP contribution is 2.30. The van der Waals surface area contributed by atoms with E-state index in [9.17, 15) is 0 Å². The maximum atomic E-state index is 2.25. The van der Waals surface area contributed by atoms with Crippen molar-refractivity contribution in [1.29, 1.82) is 0 Å². The van der Waals surface area contributed by atoms with Gasteiger partial charge >= 0.3 is 0 Å². The average Bonchev–Trinajstić information content (AvgIpc) is 3.00. The van der Waals surface area contributed by atoms with E-state index in [4.69, 9.17) is 0 Å². The van der Waals surface area contributed by atoms with Gasteiger partial charge in [0.1, 0.15) is 0 Å². The third-order valence-corrected chi connectivity index (χ3v) is 13.1. The minimum absolute atomic E-state index is 0.653. The number of thioether (sulfide) groups is 5. The van der Waals surface area contributed by atoms with Crippen LogP contribution in [0, 0.1) is 0 Å². The van der Waals surface area contributed by atoms with Gasteiger partial charge in [-0.3, -0.25) is 0 Å². The summed E-state index contributed by atoms with van der Waals surface area (Å²) >= 11 is 10.5. The lowest BCUT2D eigenvalue weighted by Crippen LogP contribution is -2.16. The smallest absolute Gasteiger partial charge is 0.0232 e. The van der Waals surface area contributed by atoms with Crippen LogP contribution in [0.25, 0.3) is 0 Å². The van der Waals surface area contributed by atoms with E-state index in [2.05, 4.69) is 157 Å². The van der Waals surface area contributed by atoms with Gasteiger partial charge in [-0.05, 0) is 59.7 Å². The minimum Gasteiger partial charge on any atom is -0.160 e. The summed E-state index contributed by atoms with van der Waals surface area (Å²) in [7, 11) is 0. The number of aryl methyl sites for hydroxylation is 2. The molecule has 0 fully saturated rings. The molecule has 0 spiro atoms. The average molecular weight is 607 g/mol. The second-order valence-electron chi connectivity index (χ2n) is 9.24. The summed E-state index contributed by atoms with van der Waals surface area (Å²) in [5.74, 6) is 7.13. The highest BCUT2D eigenvalue weighted by atomic mass is 32.2. The van der Waals surface area contributed by atoms with Crippen molar-refractivity contribution in [3.63, 3.8) is 0 Å². The quantitative estimate of drug-likeness (QED) is 0.103. The maximum absolute atomic E-state index is 2.25. The van der Waals surface area contributed by atoms with E-state index in [-0.39, 0.29) is 0 Å². The fraction of sp³-hybridized carbons (Fsp3) is 0.294. The van der Waals surface area contributed by atoms with Crippen LogP contribution in [0.5, 0.6) is 0 Å². The fourth-order valence-corrected chi connectivity index (χ4v) is 10.8. The lowest BCUT2D eigenvalue weighted by molar-refractivity contribution is 1.09. The van der Waals surface area contributed by atoms with Crippen LogP contribution in [0.1, 0.15) is 11.1 Å². The summed E-state index contributed by atoms with van der Waals surface area (Å²) in [5.41, 5.74) is 2.89. The van der Waals surface area contributed by atoms with Crippen LogP contribution in [0.3, 0.4) is 0 Å². The first-order valence-corrected chi connectivity index (χ1v) is 18.8. The number of benzene rings is 4. The van der Waals surface area contributed by atoms with Crippen LogP contribution < -0.4 is 0 Å². The zero-order valence-electron chi connectivity index (χ0n) is 22.4. The van der Waals surface area contributed by atoms with Gasteiger partial charge < -0.3 is 0 Å². The number of hydrogen-bond acceptors (Lipinski definition) is 5. The van der Waals surface area contributed by atoms with E-state index >= 15 is 0 Å². The van der Waals surface area contributed by atoms with E-state index in [1.807, 2.05) is 23.5 Å². The standard InChI is InChI=1S/C34H38S5/c1-5-13-29(14-6-1)21-23-36-33(27-38-31-17-9-3-10-18-31)25-35-26-34(28-39-32-19-11-4-12-20-32)37-24-22-30-15-7-2-8-16-30/h1-20,33-34H,21-28H2. The molecule has 2 atom stereocenters. The Morgan fingerprint density at radius 3 is 1.15 bits per heavy atom. The minimum atomic E-state index is 0.653. The Labute approximate surface area is 257 Å². The SMILES string of the molecule is c1ccc(CCSC(CSCC(CSc2ccccc2)SCCc2ccccc2)CSc2ccccc2)cc1. The molecule has 0 saturated carbocycles. The van der Waals surface area contributed by atoms with Crippen LogP contribution in [0.4, 0.5) is 0 Å². The van der Waals surface area contributed by atoms with Crippen molar-refractivity contribution in [2.24, 2.45) is 0 Å². The maximum Gasteiger partial charge on any atom is 0.0232 e. The predicted molar refractivity (Wildman–Crippen MR) is 184 cm³/mol. The highest BCUT2D eigenvalue weighted by molar-refractivity contribution is 8.06. The van der Waals surface area contributed by atoms with Gasteiger partial charge in [0.15, 0.2) is 0 Å². The fourth-order valence-electron chi connectivity index (χ4n) is 4.01. The molecule has 0 aliphatic heterocycles. The Bertz CT molecular complexity index is 1050. The molecule has 39 heavy (non-hydrogen) atoms. The molecule has 4 aromatic carbocycles. The van der Waals surface area contributed by atoms with Gasteiger partial charge in [0, 0.05) is 43.3 Å². The van der Waals surface area contributed by atoms with Gasteiger partial charge in [0.25, 0.3) is 0 Å². The van der Waals surface area contributed by atoms with E-state index in [1.54, 1.807) is 0 Å². The van der Waals surface area contributed by atoms with Crippen molar-refractivity contribution in [1.82, 2.24) is 0 Å². The molecular formula is C34H38S5. The molecule has 0 N–H and O–H groups in total. The molecular weight excluding hydrogens is 569 g/mol. The molecule has 0 amide bonds. The molecule has 2 unspecified atom stereocenters. The Morgan fingerprint density at radius 2 is 0.769 bits per heavy atom. The number of rotatable bonds is 18. The van der Waals surface area contributed by atoms with Crippen molar-refractivity contribution in [3.8, 4) is 0 Å². The lowest BCUT2D eigenvalue weighted by atomic mass is 10.2. The summed E-state index contributed by atoms with van der Waals surface area (Å²) < 4.78 is 0. The predicted octanol–water partition coefficient (Wildman–Crippen LogP) is 9.99. The molecule has 0 aromatic heterocycles. The molecule has 5 heteroatoms. The van der Waals surface area contributed by atoms with E-state index in [0.717, 1.165) is 12.8 Å². The summed E-state index contributed by atoms with van der Waals surface area (Å²) in [6, 6.07) is 43.6. The zero-order chi connectivity index (χ0) is 26.8. The van der Waals surface area contributed by atoms with Gasteiger partial charge in [-0.15, -0.1) is 23.5 Å². The van der Waals surface area contributed by atoms with Gasteiger partial charge in [-0.1, -0.05) is 97.1 Å². The van der Waals surface area contributed by atoms with Crippen LogP contribution in [-0.4, -0.2) is 45.0 Å². The Balaban J connectivity index is 1.28. The molecule has 0 nitrogen and oxygen atoms in total. The monoisotopic (exact) mass is 606 g/mol. The van der Waals surface area contributed by atoms with Crippen LogP contribution in [0.15, 0.2) is 131 Å². The molecule has 4 rings (SSSR count). The van der Waals surface area contributed by atoms with Crippen LogP contribution >= 0.6 is 58.8 Å². The molecule has 0 heterocycles. The first-order valence-electron chi connectivity index (χ1n) is 13.6. The molecule has 0 aliphatic rings. The van der Waals surface area contributed by atoms with Crippen LogP contribution in [-0.2, 0) is 12.8 Å². The van der Waals surface area contributed by atoms with Crippen molar-refractivity contribution in [3.05, 3.63) is 132 Å². The Kier molecular flexibility index (Phi) is 14.8. The first-order chi connectivity index (χ1) is 19.3. The topological polar surface area (TPSA) is 0 Å². The van der Waals surface area contributed by atoms with Crippen molar-refractivity contribution in [2.45, 2.75) is 33.1 Å². The first kappa shape index (κ1) is 30.6. The summed E-state index contributed by atoms with van der Waals surface area (Å²) in [4.78, 5) is 2.76. The largest absolute Gasteiger partial charge is 0.160 e. The van der Waals surface area contributed by atoms with Gasteiger partial charge in [-0.25, -0.2) is 0 Å². The normalized spacial score (nSPS) is 12.7. The van der Waals surface area contributed by atoms with E-state index in [0.29, 0.717) is 10.5 Å². The van der Waals surface area contributed by atoms with E-state index in [1.165, 1.54) is 55.4 Å². The zero-order valence-corrected chi connectivity index (χ0v) is 26.5. The lowest BCUT2D eigenvalue weighted by Gasteiger charge is -2.20. The second kappa shape index (κ2) is 18.9. The number of hydrogen-bond donors (Lipinski definition) is 0. The van der Waals surface area contributed by atoms with Gasteiger partial charge in [0.05, 0.1) is 0 Å². The highest BCUT2D eigenvalue weighted by Gasteiger charge is 2.15. The Hall–Kier alpha value is -1.37. The summed E-state index contributed by atoms with van der Waals surface area (Å²) in [5, 5.41) is 1.31. The molecule has 0 saturated heterocycles. The molecule has 4 aromatic rings. The molecule has 0 aliphatic carbocycles. The molecule has 0 bridgehead atoms.